The lowest BCUT2D eigenvalue weighted by Crippen LogP contribution is -2.53. The largest absolute Gasteiger partial charge is 0.395 e. The number of benzene rings is 1. The van der Waals surface area contributed by atoms with Crippen LogP contribution in [-0.4, -0.2) is 29.7 Å². The van der Waals surface area contributed by atoms with Gasteiger partial charge in [-0.2, -0.15) is 0 Å². The Morgan fingerprint density at radius 2 is 2.06 bits per heavy atom. The Labute approximate surface area is 99.6 Å². The van der Waals surface area contributed by atoms with Crippen LogP contribution in [0.3, 0.4) is 0 Å². The molecule has 0 aromatic heterocycles. The summed E-state index contributed by atoms with van der Waals surface area (Å²) in [7, 11) is 0. The number of aliphatic hydroxyl groups excluding tert-OH is 1. The second kappa shape index (κ2) is 5.75. The van der Waals surface area contributed by atoms with Gasteiger partial charge in [0, 0.05) is 6.54 Å². The van der Waals surface area contributed by atoms with E-state index in [1.807, 2.05) is 0 Å². The van der Waals surface area contributed by atoms with Crippen molar-refractivity contribution in [1.29, 1.82) is 0 Å². The van der Waals surface area contributed by atoms with Crippen molar-refractivity contribution in [1.82, 2.24) is 5.32 Å². The van der Waals surface area contributed by atoms with E-state index >= 15 is 0 Å². The van der Waals surface area contributed by atoms with Crippen LogP contribution in [0.25, 0.3) is 0 Å². The summed E-state index contributed by atoms with van der Waals surface area (Å²) in [4.78, 5) is 11.7. The fourth-order valence-corrected chi connectivity index (χ4v) is 1.48. The Morgan fingerprint density at radius 3 is 2.59 bits per heavy atom. The topological polar surface area (TPSA) is 75.4 Å². The molecule has 0 aliphatic carbocycles. The van der Waals surface area contributed by atoms with Crippen molar-refractivity contribution in [3.63, 3.8) is 0 Å². The van der Waals surface area contributed by atoms with Crippen molar-refractivity contribution in [3.05, 3.63) is 35.6 Å². The molecular weight excluding hydrogens is 223 g/mol. The van der Waals surface area contributed by atoms with Gasteiger partial charge in [0.2, 0.25) is 5.91 Å². The van der Waals surface area contributed by atoms with Crippen molar-refractivity contribution in [2.45, 2.75) is 18.9 Å². The first-order valence-corrected chi connectivity index (χ1v) is 5.38. The van der Waals surface area contributed by atoms with Crippen molar-refractivity contribution >= 4 is 5.91 Å². The van der Waals surface area contributed by atoms with Gasteiger partial charge in [-0.05, 0) is 31.0 Å². The number of aliphatic hydroxyl groups is 1. The van der Waals surface area contributed by atoms with Gasteiger partial charge in [-0.3, -0.25) is 4.79 Å². The fraction of sp³-hybridized carbons (Fsp3) is 0.417. The van der Waals surface area contributed by atoms with Gasteiger partial charge in [0.05, 0.1) is 12.1 Å². The number of nitrogens with two attached hydrogens (primary N) is 1. The third kappa shape index (κ3) is 4.13. The average molecular weight is 240 g/mol. The van der Waals surface area contributed by atoms with E-state index in [-0.39, 0.29) is 24.9 Å². The molecule has 0 bridgehead atoms. The van der Waals surface area contributed by atoms with Gasteiger partial charge >= 0.3 is 0 Å². The SMILES string of the molecule is CC(N)(Cc1ccc(F)cc1)C(=O)NCCO. The first kappa shape index (κ1) is 13.6. The zero-order valence-electron chi connectivity index (χ0n) is 9.74. The Bertz CT molecular complexity index is 377. The molecule has 0 aliphatic rings. The van der Waals surface area contributed by atoms with Crippen LogP contribution in [0.1, 0.15) is 12.5 Å². The summed E-state index contributed by atoms with van der Waals surface area (Å²) in [6, 6.07) is 5.85. The van der Waals surface area contributed by atoms with Crippen LogP contribution in [0, 0.1) is 5.82 Å². The third-order valence-electron chi connectivity index (χ3n) is 2.40. The predicted octanol–water partition coefficient (Wildman–Crippen LogP) is 0.194. The summed E-state index contributed by atoms with van der Waals surface area (Å²) in [5.41, 5.74) is 5.59. The molecule has 94 valence electrons. The molecule has 17 heavy (non-hydrogen) atoms. The smallest absolute Gasteiger partial charge is 0.240 e. The number of halogens is 1. The minimum Gasteiger partial charge on any atom is -0.395 e. The lowest BCUT2D eigenvalue weighted by Gasteiger charge is -2.23. The molecule has 0 aliphatic heterocycles. The molecule has 0 saturated heterocycles. The van der Waals surface area contributed by atoms with Gasteiger partial charge in [0.25, 0.3) is 0 Å². The fourth-order valence-electron chi connectivity index (χ4n) is 1.48. The van der Waals surface area contributed by atoms with Crippen LogP contribution < -0.4 is 11.1 Å². The minimum absolute atomic E-state index is 0.127. The number of hydrogen-bond acceptors (Lipinski definition) is 3. The number of amides is 1. The standard InChI is InChI=1S/C12H17FN2O2/c1-12(14,11(17)15-6-7-16)8-9-2-4-10(13)5-3-9/h2-5,16H,6-8,14H2,1H3,(H,15,17). The van der Waals surface area contributed by atoms with Gasteiger partial charge in [0.15, 0.2) is 0 Å². The van der Waals surface area contributed by atoms with Crippen LogP contribution in [0.5, 0.6) is 0 Å². The van der Waals surface area contributed by atoms with Crippen molar-refractivity contribution in [2.24, 2.45) is 5.73 Å². The summed E-state index contributed by atoms with van der Waals surface area (Å²) in [6.45, 7) is 1.65. The van der Waals surface area contributed by atoms with Crippen LogP contribution in [0.4, 0.5) is 4.39 Å². The molecule has 1 aromatic rings. The second-order valence-corrected chi connectivity index (χ2v) is 4.20. The number of nitrogens with one attached hydrogen (secondary N) is 1. The average Bonchev–Trinajstić information content (AvgIpc) is 2.28. The molecule has 0 saturated carbocycles. The molecular formula is C12H17FN2O2. The highest BCUT2D eigenvalue weighted by Crippen LogP contribution is 2.11. The molecule has 1 unspecified atom stereocenters. The van der Waals surface area contributed by atoms with E-state index in [9.17, 15) is 9.18 Å². The van der Waals surface area contributed by atoms with Crippen molar-refractivity contribution in [2.75, 3.05) is 13.2 Å². The Hall–Kier alpha value is -1.46. The summed E-state index contributed by atoms with van der Waals surface area (Å²) >= 11 is 0. The molecule has 1 aromatic carbocycles. The monoisotopic (exact) mass is 240 g/mol. The van der Waals surface area contributed by atoms with Crippen LogP contribution in [-0.2, 0) is 11.2 Å². The third-order valence-corrected chi connectivity index (χ3v) is 2.40. The Morgan fingerprint density at radius 1 is 1.47 bits per heavy atom. The quantitative estimate of drug-likeness (QED) is 0.688. The predicted molar refractivity (Wildman–Crippen MR) is 62.8 cm³/mol. The van der Waals surface area contributed by atoms with Crippen LogP contribution in [0.15, 0.2) is 24.3 Å². The second-order valence-electron chi connectivity index (χ2n) is 4.20. The number of hydrogen-bond donors (Lipinski definition) is 3. The number of rotatable bonds is 5. The van der Waals surface area contributed by atoms with Crippen LogP contribution >= 0.6 is 0 Å². The van der Waals surface area contributed by atoms with E-state index in [0.29, 0.717) is 6.42 Å². The number of carbonyl (C=O) groups is 1. The molecule has 0 heterocycles. The van der Waals surface area contributed by atoms with Gasteiger partial charge in [-0.15, -0.1) is 0 Å². The molecule has 0 fully saturated rings. The van der Waals surface area contributed by atoms with Crippen LogP contribution in [0.2, 0.25) is 0 Å². The van der Waals surface area contributed by atoms with Gasteiger partial charge in [-0.1, -0.05) is 12.1 Å². The highest BCUT2D eigenvalue weighted by Gasteiger charge is 2.28. The van der Waals surface area contributed by atoms with Gasteiger partial charge in [-0.25, -0.2) is 4.39 Å². The lowest BCUT2D eigenvalue weighted by molar-refractivity contribution is -0.125. The van der Waals surface area contributed by atoms with Crippen molar-refractivity contribution < 1.29 is 14.3 Å². The van der Waals surface area contributed by atoms with E-state index < -0.39 is 5.54 Å². The molecule has 1 atom stereocenters. The van der Waals surface area contributed by atoms with Gasteiger partial charge < -0.3 is 16.2 Å². The molecule has 1 amide bonds. The Balaban J connectivity index is 2.65. The van der Waals surface area contributed by atoms with E-state index in [4.69, 9.17) is 10.8 Å². The normalized spacial score (nSPS) is 14.1. The lowest BCUT2D eigenvalue weighted by atomic mass is 9.93. The molecule has 0 spiro atoms. The molecule has 4 nitrogen and oxygen atoms in total. The number of carbonyl (C=O) groups excluding carboxylic acids is 1. The maximum atomic E-state index is 12.7. The minimum atomic E-state index is -1.08. The van der Waals surface area contributed by atoms with E-state index in [1.165, 1.54) is 12.1 Å². The highest BCUT2D eigenvalue weighted by molar-refractivity contribution is 5.85. The summed E-state index contributed by atoms with van der Waals surface area (Å²) < 4.78 is 12.7. The first-order valence-electron chi connectivity index (χ1n) is 5.38. The summed E-state index contributed by atoms with van der Waals surface area (Å²) in [5.74, 6) is -0.659. The maximum Gasteiger partial charge on any atom is 0.240 e. The van der Waals surface area contributed by atoms with Crippen molar-refractivity contribution in [3.8, 4) is 0 Å². The summed E-state index contributed by atoms with van der Waals surface area (Å²) in [5, 5.41) is 11.1. The molecule has 1 rings (SSSR count). The first-order chi connectivity index (χ1) is 7.95. The van der Waals surface area contributed by atoms with E-state index in [1.54, 1.807) is 19.1 Å². The van der Waals surface area contributed by atoms with Gasteiger partial charge in [0.1, 0.15) is 5.82 Å². The molecule has 0 radical (unpaired) electrons. The Kier molecular flexibility index (Phi) is 4.60. The zero-order chi connectivity index (χ0) is 12.9. The van der Waals surface area contributed by atoms with E-state index in [2.05, 4.69) is 5.32 Å². The van der Waals surface area contributed by atoms with E-state index in [0.717, 1.165) is 5.56 Å². The maximum absolute atomic E-state index is 12.7. The highest BCUT2D eigenvalue weighted by atomic mass is 19.1. The zero-order valence-corrected chi connectivity index (χ0v) is 9.74. The summed E-state index contributed by atoms with van der Waals surface area (Å²) in [6.07, 6.45) is 0.310. The molecule has 5 heteroatoms. The molecule has 4 N–H and O–H groups in total.